The Bertz CT molecular complexity index is 124. The fraction of sp³-hybridized carbons (Fsp3) is 0.571. The Labute approximate surface area is 56.0 Å². The van der Waals surface area contributed by atoms with Gasteiger partial charge in [0.05, 0.1) is 5.54 Å². The van der Waals surface area contributed by atoms with Crippen LogP contribution in [0, 0.1) is 12.8 Å². The number of nitrogens with zero attached hydrogens (tertiary/aromatic N) is 1. The monoisotopic (exact) mass is 125 g/mol. The van der Waals surface area contributed by atoms with E-state index in [1.54, 1.807) is 0 Å². The van der Waals surface area contributed by atoms with Crippen LogP contribution in [0.3, 0.4) is 0 Å². The third-order valence-electron chi connectivity index (χ3n) is 0.381. The second-order valence-corrected chi connectivity index (χ2v) is 2.37. The Kier molecular flexibility index (Phi) is 6.12. The first-order valence-electron chi connectivity index (χ1n) is 2.48. The molecule has 0 aliphatic carbocycles. The minimum atomic E-state index is -0.248. The molecule has 0 aliphatic heterocycles. The molecular formula is C7H11NO. The quantitative estimate of drug-likeness (QED) is 0.273. The number of hydrogen-bond donors (Lipinski definition) is 0. The highest BCUT2D eigenvalue weighted by Crippen LogP contribution is 2.02. The summed E-state index contributed by atoms with van der Waals surface area (Å²) < 4.78 is 0. The van der Waals surface area contributed by atoms with E-state index in [0.29, 0.717) is 0 Å². The Morgan fingerprint density at radius 2 is 1.67 bits per heavy atom. The van der Waals surface area contributed by atoms with Crippen LogP contribution in [0.2, 0.25) is 0 Å². The van der Waals surface area contributed by atoms with E-state index in [2.05, 4.69) is 17.8 Å². The second-order valence-electron chi connectivity index (χ2n) is 2.37. The van der Waals surface area contributed by atoms with Gasteiger partial charge in [0.15, 0.2) is 0 Å². The predicted molar refractivity (Wildman–Crippen MR) is 37.8 cm³/mol. The fourth-order valence-electron chi connectivity index (χ4n) is 0.137. The molecule has 0 fully saturated rings. The second kappa shape index (κ2) is 5.08. The first kappa shape index (κ1) is 10.8. The van der Waals surface area contributed by atoms with Crippen molar-refractivity contribution in [2.45, 2.75) is 26.3 Å². The van der Waals surface area contributed by atoms with Gasteiger partial charge in [-0.15, -0.1) is 12.8 Å². The minimum Gasteiger partial charge on any atom is -0.211 e. The van der Waals surface area contributed by atoms with E-state index in [-0.39, 0.29) is 5.54 Å². The smallest absolute Gasteiger partial charge is 0.211 e. The van der Waals surface area contributed by atoms with E-state index >= 15 is 0 Å². The van der Waals surface area contributed by atoms with Gasteiger partial charge in [0.25, 0.3) is 0 Å². The van der Waals surface area contributed by atoms with Gasteiger partial charge < -0.3 is 0 Å². The van der Waals surface area contributed by atoms with Crippen molar-refractivity contribution in [2.24, 2.45) is 4.99 Å². The molecule has 0 radical (unpaired) electrons. The predicted octanol–water partition coefficient (Wildman–Crippen LogP) is 1.37. The summed E-state index contributed by atoms with van der Waals surface area (Å²) in [7, 11) is 0. The molecule has 0 aromatic heterocycles. The number of aliphatic imine (C=N–C) groups is 1. The van der Waals surface area contributed by atoms with Crippen molar-refractivity contribution >= 4 is 6.08 Å². The maximum atomic E-state index is 9.53. The molecule has 50 valence electrons. The minimum absolute atomic E-state index is 0.248. The van der Waals surface area contributed by atoms with Gasteiger partial charge in [-0.05, 0) is 20.8 Å². The van der Waals surface area contributed by atoms with Crippen molar-refractivity contribution in [1.82, 2.24) is 0 Å². The summed E-state index contributed by atoms with van der Waals surface area (Å²) in [6, 6.07) is 0. The zero-order chi connectivity index (χ0) is 7.91. The van der Waals surface area contributed by atoms with E-state index in [9.17, 15) is 4.79 Å². The standard InChI is InChI=1S/C5H9NO.C2H2/c1-5(2,3)6-4-7;1-2/h1-3H3;1-2H. The zero-order valence-corrected chi connectivity index (χ0v) is 6.01. The first-order chi connectivity index (χ1) is 4.06. The van der Waals surface area contributed by atoms with Crippen LogP contribution in [0.1, 0.15) is 20.8 Å². The molecule has 0 saturated heterocycles. The molecule has 0 aromatic rings. The maximum absolute atomic E-state index is 9.53. The fourth-order valence-corrected chi connectivity index (χ4v) is 0.137. The lowest BCUT2D eigenvalue weighted by Gasteiger charge is -2.05. The van der Waals surface area contributed by atoms with E-state index < -0.39 is 0 Å². The third kappa shape index (κ3) is 19.6. The van der Waals surface area contributed by atoms with Crippen molar-refractivity contribution in [3.8, 4) is 12.8 Å². The van der Waals surface area contributed by atoms with E-state index in [1.807, 2.05) is 20.8 Å². The SMILES string of the molecule is C#C.CC(C)(C)N=C=O. The van der Waals surface area contributed by atoms with Crippen molar-refractivity contribution in [3.05, 3.63) is 0 Å². The number of isocyanates is 1. The Balaban J connectivity index is 0. The van der Waals surface area contributed by atoms with Crippen molar-refractivity contribution < 1.29 is 4.79 Å². The summed E-state index contributed by atoms with van der Waals surface area (Å²) in [6.07, 6.45) is 9.48. The average Bonchev–Trinajstić information content (AvgIpc) is 1.69. The molecule has 0 N–H and O–H groups in total. The molecule has 0 aromatic carbocycles. The highest BCUT2D eigenvalue weighted by atomic mass is 16.1. The third-order valence-corrected chi connectivity index (χ3v) is 0.381. The normalized spacial score (nSPS) is 8.11. The van der Waals surface area contributed by atoms with Gasteiger partial charge >= 0.3 is 0 Å². The van der Waals surface area contributed by atoms with E-state index in [1.165, 1.54) is 6.08 Å². The van der Waals surface area contributed by atoms with Crippen LogP contribution in [0.25, 0.3) is 0 Å². The van der Waals surface area contributed by atoms with Crippen LogP contribution in [-0.4, -0.2) is 11.6 Å². The number of hydrogen-bond acceptors (Lipinski definition) is 2. The topological polar surface area (TPSA) is 29.4 Å². The largest absolute Gasteiger partial charge is 0.235 e. The van der Waals surface area contributed by atoms with Gasteiger partial charge in [-0.1, -0.05) is 0 Å². The summed E-state index contributed by atoms with van der Waals surface area (Å²) in [6.45, 7) is 5.54. The summed E-state index contributed by atoms with van der Waals surface area (Å²) in [5, 5.41) is 0. The lowest BCUT2D eigenvalue weighted by Crippen LogP contribution is -2.07. The van der Waals surface area contributed by atoms with Gasteiger partial charge in [-0.3, -0.25) is 0 Å². The molecule has 0 bridgehead atoms. The molecule has 0 heterocycles. The van der Waals surface area contributed by atoms with Crippen LogP contribution in [-0.2, 0) is 4.79 Å². The molecular weight excluding hydrogens is 114 g/mol. The highest BCUT2D eigenvalue weighted by Gasteiger charge is 2.04. The molecule has 0 unspecified atom stereocenters. The Hall–Kier alpha value is -1.06. The van der Waals surface area contributed by atoms with Crippen LogP contribution >= 0.6 is 0 Å². The maximum Gasteiger partial charge on any atom is 0.235 e. The van der Waals surface area contributed by atoms with Crippen molar-refractivity contribution in [3.63, 3.8) is 0 Å². The molecule has 2 nitrogen and oxygen atoms in total. The first-order valence-corrected chi connectivity index (χ1v) is 2.48. The number of terminal acetylenes is 1. The van der Waals surface area contributed by atoms with Crippen LogP contribution < -0.4 is 0 Å². The Morgan fingerprint density at radius 3 is 1.67 bits per heavy atom. The molecule has 2 heteroatoms. The van der Waals surface area contributed by atoms with E-state index in [0.717, 1.165) is 0 Å². The van der Waals surface area contributed by atoms with Gasteiger partial charge in [-0.25, -0.2) is 9.79 Å². The summed E-state index contributed by atoms with van der Waals surface area (Å²) in [5.74, 6) is 0. The summed E-state index contributed by atoms with van der Waals surface area (Å²) >= 11 is 0. The molecule has 0 saturated carbocycles. The van der Waals surface area contributed by atoms with Gasteiger partial charge in [0, 0.05) is 0 Å². The van der Waals surface area contributed by atoms with Gasteiger partial charge in [-0.2, -0.15) is 0 Å². The highest BCUT2D eigenvalue weighted by molar-refractivity contribution is 5.34. The van der Waals surface area contributed by atoms with Gasteiger partial charge in [0.1, 0.15) is 0 Å². The van der Waals surface area contributed by atoms with Crippen molar-refractivity contribution in [2.75, 3.05) is 0 Å². The van der Waals surface area contributed by atoms with Gasteiger partial charge in [0.2, 0.25) is 6.08 Å². The van der Waals surface area contributed by atoms with Crippen LogP contribution in [0.5, 0.6) is 0 Å². The number of carbonyl (C=O) groups excluding carboxylic acids is 1. The lowest BCUT2D eigenvalue weighted by atomic mass is 10.1. The molecule has 0 rings (SSSR count). The molecule has 9 heavy (non-hydrogen) atoms. The average molecular weight is 125 g/mol. The molecule has 0 aliphatic rings. The number of rotatable bonds is 0. The molecule has 0 amide bonds. The van der Waals surface area contributed by atoms with Crippen LogP contribution in [0.15, 0.2) is 4.99 Å². The summed E-state index contributed by atoms with van der Waals surface area (Å²) in [5.41, 5.74) is -0.248. The van der Waals surface area contributed by atoms with E-state index in [4.69, 9.17) is 0 Å². The Morgan fingerprint density at radius 1 is 1.33 bits per heavy atom. The molecule has 0 atom stereocenters. The lowest BCUT2D eigenvalue weighted by molar-refractivity contribution is 0.535. The van der Waals surface area contributed by atoms with Crippen LogP contribution in [0.4, 0.5) is 0 Å². The molecule has 0 spiro atoms. The van der Waals surface area contributed by atoms with Crippen molar-refractivity contribution in [1.29, 1.82) is 0 Å². The summed E-state index contributed by atoms with van der Waals surface area (Å²) in [4.78, 5) is 13.0. The zero-order valence-electron chi connectivity index (χ0n) is 6.01.